The second-order valence-electron chi connectivity index (χ2n) is 7.40. The lowest BCUT2D eigenvalue weighted by atomic mass is 10.2. The number of nitrogens with one attached hydrogen (secondary N) is 1. The molecule has 0 unspecified atom stereocenters. The zero-order valence-corrected chi connectivity index (χ0v) is 19.2. The van der Waals surface area contributed by atoms with Crippen LogP contribution in [-0.2, 0) is 21.0 Å². The number of carbonyl (C=O) groups excluding carboxylic acids is 1. The largest absolute Gasteiger partial charge is 0.417 e. The zero-order chi connectivity index (χ0) is 24.4. The van der Waals surface area contributed by atoms with Gasteiger partial charge in [0.15, 0.2) is 0 Å². The summed E-state index contributed by atoms with van der Waals surface area (Å²) in [6.07, 6.45) is -4.71. The highest BCUT2D eigenvalue weighted by molar-refractivity contribution is 7.92. The van der Waals surface area contributed by atoms with E-state index < -0.39 is 39.2 Å². The Kier molecular flexibility index (Phi) is 7.04. The number of sulfonamides is 1. The number of nitrogens with zero attached hydrogens (tertiary/aromatic N) is 1. The van der Waals surface area contributed by atoms with Crippen molar-refractivity contribution in [3.63, 3.8) is 0 Å². The van der Waals surface area contributed by atoms with Crippen LogP contribution in [0, 0.1) is 13.8 Å². The molecular formula is C23H20ClF3N2O3S. The standard InChI is InChI=1S/C23H20ClF3N2O3S/c1-15-3-8-18(9-4-15)29(33(31,32)19-10-5-16(2)6-11-19)14-22(30)28-17-7-12-21(24)20(13-17)23(25,26)27/h3-13H,14H2,1-2H3,(H,28,30). The van der Waals surface area contributed by atoms with E-state index in [1.54, 1.807) is 36.4 Å². The lowest BCUT2D eigenvalue weighted by Crippen LogP contribution is -2.38. The Labute approximate surface area is 194 Å². The summed E-state index contributed by atoms with van der Waals surface area (Å²) < 4.78 is 66.9. The van der Waals surface area contributed by atoms with Gasteiger partial charge in [0.2, 0.25) is 5.91 Å². The molecule has 0 atom stereocenters. The van der Waals surface area contributed by atoms with E-state index in [-0.39, 0.29) is 16.3 Å². The summed E-state index contributed by atoms with van der Waals surface area (Å²) in [7, 11) is -4.14. The molecule has 0 saturated carbocycles. The maximum absolute atomic E-state index is 13.3. The van der Waals surface area contributed by atoms with E-state index in [1.165, 1.54) is 18.2 Å². The van der Waals surface area contributed by atoms with Gasteiger partial charge < -0.3 is 5.32 Å². The molecule has 1 N–H and O–H groups in total. The number of halogens is 4. The van der Waals surface area contributed by atoms with Crippen LogP contribution >= 0.6 is 11.6 Å². The third-order valence-corrected chi connectivity index (χ3v) is 6.89. The minimum Gasteiger partial charge on any atom is -0.324 e. The van der Waals surface area contributed by atoms with Crippen molar-refractivity contribution in [2.24, 2.45) is 0 Å². The summed E-state index contributed by atoms with van der Waals surface area (Å²) in [5, 5.41) is 1.81. The minimum absolute atomic E-state index is 0.0210. The van der Waals surface area contributed by atoms with Crippen molar-refractivity contribution in [3.05, 3.63) is 88.4 Å². The van der Waals surface area contributed by atoms with Crippen molar-refractivity contribution in [3.8, 4) is 0 Å². The van der Waals surface area contributed by atoms with Crippen molar-refractivity contribution < 1.29 is 26.4 Å². The Balaban J connectivity index is 1.93. The van der Waals surface area contributed by atoms with Crippen LogP contribution in [0.15, 0.2) is 71.6 Å². The second kappa shape index (κ2) is 9.44. The molecule has 0 aliphatic carbocycles. The number of hydrogen-bond donors (Lipinski definition) is 1. The maximum atomic E-state index is 13.3. The molecule has 0 aromatic heterocycles. The molecule has 0 spiro atoms. The topological polar surface area (TPSA) is 66.5 Å². The van der Waals surface area contributed by atoms with Gasteiger partial charge in [0, 0.05) is 5.69 Å². The van der Waals surface area contributed by atoms with E-state index in [0.717, 1.165) is 21.5 Å². The molecule has 174 valence electrons. The van der Waals surface area contributed by atoms with Crippen LogP contribution in [0.3, 0.4) is 0 Å². The molecule has 5 nitrogen and oxygen atoms in total. The monoisotopic (exact) mass is 496 g/mol. The van der Waals surface area contributed by atoms with Crippen LogP contribution < -0.4 is 9.62 Å². The molecule has 0 radical (unpaired) electrons. The van der Waals surface area contributed by atoms with Gasteiger partial charge in [0.25, 0.3) is 10.0 Å². The molecule has 1 amide bonds. The fraction of sp³-hybridized carbons (Fsp3) is 0.174. The first-order valence-corrected chi connectivity index (χ1v) is 11.5. The third-order valence-electron chi connectivity index (χ3n) is 4.77. The van der Waals surface area contributed by atoms with Gasteiger partial charge in [-0.2, -0.15) is 13.2 Å². The average Bonchev–Trinajstić information content (AvgIpc) is 2.73. The molecule has 0 aliphatic heterocycles. The third kappa shape index (κ3) is 5.85. The Bertz CT molecular complexity index is 1260. The zero-order valence-electron chi connectivity index (χ0n) is 17.7. The number of hydrogen-bond acceptors (Lipinski definition) is 3. The van der Waals surface area contributed by atoms with Gasteiger partial charge in [-0.15, -0.1) is 0 Å². The lowest BCUT2D eigenvalue weighted by Gasteiger charge is -2.24. The number of amides is 1. The molecule has 3 aromatic rings. The van der Waals surface area contributed by atoms with Gasteiger partial charge >= 0.3 is 6.18 Å². The Hall–Kier alpha value is -3.04. The van der Waals surface area contributed by atoms with E-state index in [9.17, 15) is 26.4 Å². The van der Waals surface area contributed by atoms with Crippen molar-refractivity contribution in [1.82, 2.24) is 0 Å². The van der Waals surface area contributed by atoms with E-state index in [1.807, 2.05) is 13.8 Å². The van der Waals surface area contributed by atoms with E-state index in [4.69, 9.17) is 11.6 Å². The SMILES string of the molecule is Cc1ccc(N(CC(=O)Nc2ccc(Cl)c(C(F)(F)F)c2)S(=O)(=O)c2ccc(C)cc2)cc1. The van der Waals surface area contributed by atoms with E-state index >= 15 is 0 Å². The first-order valence-electron chi connectivity index (χ1n) is 9.70. The summed E-state index contributed by atoms with van der Waals surface area (Å²) >= 11 is 5.61. The number of alkyl halides is 3. The van der Waals surface area contributed by atoms with Crippen LogP contribution in [0.5, 0.6) is 0 Å². The average molecular weight is 497 g/mol. The number of rotatable bonds is 6. The van der Waals surface area contributed by atoms with Gasteiger partial charge in [-0.05, 0) is 56.3 Å². The van der Waals surface area contributed by atoms with Crippen LogP contribution in [-0.4, -0.2) is 20.9 Å². The smallest absolute Gasteiger partial charge is 0.324 e. The normalized spacial score (nSPS) is 11.8. The van der Waals surface area contributed by atoms with Crippen molar-refractivity contribution in [2.75, 3.05) is 16.2 Å². The summed E-state index contributed by atoms with van der Waals surface area (Å²) in [5.74, 6) is -0.818. The Morgan fingerprint density at radius 3 is 2.03 bits per heavy atom. The van der Waals surface area contributed by atoms with Gasteiger partial charge in [0.05, 0.1) is 21.2 Å². The number of anilines is 2. The maximum Gasteiger partial charge on any atom is 0.417 e. The molecular weight excluding hydrogens is 477 g/mol. The minimum atomic E-state index is -4.71. The van der Waals surface area contributed by atoms with E-state index in [2.05, 4.69) is 5.32 Å². The highest BCUT2D eigenvalue weighted by atomic mass is 35.5. The molecule has 10 heteroatoms. The summed E-state index contributed by atoms with van der Waals surface area (Å²) in [5.41, 5.74) is 0.717. The van der Waals surface area contributed by atoms with Crippen LogP contribution in [0.2, 0.25) is 5.02 Å². The van der Waals surface area contributed by atoms with Crippen LogP contribution in [0.25, 0.3) is 0 Å². The lowest BCUT2D eigenvalue weighted by molar-refractivity contribution is -0.137. The van der Waals surface area contributed by atoms with Crippen molar-refractivity contribution >= 4 is 38.9 Å². The number of carbonyl (C=O) groups is 1. The summed E-state index contributed by atoms with van der Waals surface area (Å²) in [6, 6.07) is 15.5. The first kappa shape index (κ1) is 24.6. The van der Waals surface area contributed by atoms with Crippen LogP contribution in [0.1, 0.15) is 16.7 Å². The molecule has 0 saturated heterocycles. The predicted molar refractivity (Wildman–Crippen MR) is 122 cm³/mol. The molecule has 3 aromatic carbocycles. The van der Waals surface area contributed by atoms with Crippen LogP contribution in [0.4, 0.5) is 24.5 Å². The fourth-order valence-electron chi connectivity index (χ4n) is 3.01. The van der Waals surface area contributed by atoms with Crippen molar-refractivity contribution in [1.29, 1.82) is 0 Å². The molecule has 0 bridgehead atoms. The Morgan fingerprint density at radius 1 is 0.939 bits per heavy atom. The highest BCUT2D eigenvalue weighted by Gasteiger charge is 2.33. The first-order chi connectivity index (χ1) is 15.4. The van der Waals surface area contributed by atoms with Gasteiger partial charge in [-0.25, -0.2) is 8.42 Å². The summed E-state index contributed by atoms with van der Waals surface area (Å²) in [6.45, 7) is 2.99. The van der Waals surface area contributed by atoms with Gasteiger partial charge in [-0.3, -0.25) is 9.10 Å². The Morgan fingerprint density at radius 2 is 1.48 bits per heavy atom. The van der Waals surface area contributed by atoms with Crippen molar-refractivity contribution in [2.45, 2.75) is 24.9 Å². The highest BCUT2D eigenvalue weighted by Crippen LogP contribution is 2.36. The van der Waals surface area contributed by atoms with Gasteiger partial charge in [-0.1, -0.05) is 47.0 Å². The van der Waals surface area contributed by atoms with Gasteiger partial charge in [0.1, 0.15) is 6.54 Å². The second-order valence-corrected chi connectivity index (χ2v) is 9.67. The molecule has 0 aliphatic rings. The molecule has 33 heavy (non-hydrogen) atoms. The molecule has 0 fully saturated rings. The quantitative estimate of drug-likeness (QED) is 0.468. The number of aryl methyl sites for hydroxylation is 2. The number of benzene rings is 3. The molecule has 0 heterocycles. The predicted octanol–water partition coefficient (Wildman–Crippen LogP) is 5.81. The fourth-order valence-corrected chi connectivity index (χ4v) is 4.66. The van der Waals surface area contributed by atoms with E-state index in [0.29, 0.717) is 6.07 Å². The summed E-state index contributed by atoms with van der Waals surface area (Å²) in [4.78, 5) is 12.7. The molecule has 3 rings (SSSR count).